The zero-order chi connectivity index (χ0) is 32.6. The molecular weight excluding hydrogens is 544 g/mol. The number of rotatable bonds is 9. The lowest BCUT2D eigenvalue weighted by Crippen LogP contribution is -2.46. The molecule has 0 aromatic rings. The van der Waals surface area contributed by atoms with Gasteiger partial charge in [-0.1, -0.05) is 111 Å². The SMILES string of the molecule is CC(=C/C=C/C(C)=C/C=C/C=C(C)/C=C/C=C(\C)[C@@H]1C=C2C(C)(C)C[C@H](O)C[C@@]2(C)O1)/C=C/[C@@]12O[C@]1(C)C[C@@H](O)CC2(C)C. The Bertz CT molecular complexity index is 1380. The van der Waals surface area contributed by atoms with Crippen LogP contribution in [0.3, 0.4) is 0 Å². The van der Waals surface area contributed by atoms with E-state index in [4.69, 9.17) is 9.47 Å². The Balaban J connectivity index is 1.27. The van der Waals surface area contributed by atoms with Gasteiger partial charge in [-0.3, -0.25) is 0 Å². The molecule has 0 aromatic carbocycles. The zero-order valence-corrected chi connectivity index (χ0v) is 28.8. The lowest BCUT2D eigenvalue weighted by atomic mass is 9.63. The molecule has 4 aliphatic rings. The van der Waals surface area contributed by atoms with E-state index in [0.717, 1.165) is 12.8 Å². The summed E-state index contributed by atoms with van der Waals surface area (Å²) in [6.07, 6.45) is 29.9. The smallest absolute Gasteiger partial charge is 0.121 e. The lowest BCUT2D eigenvalue weighted by Gasteiger charge is -2.44. The first-order valence-corrected chi connectivity index (χ1v) is 16.3. The van der Waals surface area contributed by atoms with Crippen LogP contribution < -0.4 is 0 Å². The molecule has 0 spiro atoms. The van der Waals surface area contributed by atoms with Gasteiger partial charge in [-0.05, 0) is 83.1 Å². The lowest BCUT2D eigenvalue weighted by molar-refractivity contribution is -0.0683. The minimum Gasteiger partial charge on any atom is -0.393 e. The highest BCUT2D eigenvalue weighted by Gasteiger charge is 2.74. The third kappa shape index (κ3) is 7.31. The second-order valence-electron chi connectivity index (χ2n) is 15.4. The van der Waals surface area contributed by atoms with Crippen molar-refractivity contribution in [3.05, 3.63) is 107 Å². The van der Waals surface area contributed by atoms with Crippen LogP contribution in [-0.2, 0) is 9.47 Å². The van der Waals surface area contributed by atoms with Crippen LogP contribution in [0.1, 0.15) is 94.9 Å². The van der Waals surface area contributed by atoms with Crippen LogP contribution in [0.25, 0.3) is 0 Å². The second-order valence-corrected chi connectivity index (χ2v) is 15.4. The van der Waals surface area contributed by atoms with Gasteiger partial charge in [0.15, 0.2) is 0 Å². The van der Waals surface area contributed by atoms with Crippen molar-refractivity contribution in [1.82, 2.24) is 0 Å². The first-order chi connectivity index (χ1) is 20.4. The third-order valence-electron chi connectivity index (χ3n) is 10.2. The van der Waals surface area contributed by atoms with E-state index in [2.05, 4.69) is 148 Å². The van der Waals surface area contributed by atoms with Crippen molar-refractivity contribution >= 4 is 0 Å². The van der Waals surface area contributed by atoms with Gasteiger partial charge in [0.1, 0.15) is 11.2 Å². The van der Waals surface area contributed by atoms with E-state index in [-0.39, 0.29) is 45.9 Å². The molecule has 3 fully saturated rings. The monoisotopic (exact) mass is 600 g/mol. The maximum atomic E-state index is 10.4. The van der Waals surface area contributed by atoms with Crippen molar-refractivity contribution in [2.24, 2.45) is 10.8 Å². The van der Waals surface area contributed by atoms with E-state index < -0.39 is 0 Å². The fourth-order valence-electron chi connectivity index (χ4n) is 7.95. The summed E-state index contributed by atoms with van der Waals surface area (Å²) in [4.78, 5) is 0. The van der Waals surface area contributed by atoms with Crippen molar-refractivity contribution < 1.29 is 19.7 Å². The molecule has 2 heterocycles. The fourth-order valence-corrected chi connectivity index (χ4v) is 7.95. The summed E-state index contributed by atoms with van der Waals surface area (Å²) in [5.74, 6) is 0. The molecule has 4 heteroatoms. The van der Waals surface area contributed by atoms with Crippen LogP contribution in [0.5, 0.6) is 0 Å². The van der Waals surface area contributed by atoms with Crippen LogP contribution in [-0.4, -0.2) is 45.3 Å². The molecule has 2 aliphatic carbocycles. The minimum atomic E-state index is -0.385. The van der Waals surface area contributed by atoms with Gasteiger partial charge in [0, 0.05) is 18.3 Å². The Labute approximate surface area is 267 Å². The number of fused-ring (bicyclic) bond motifs is 2. The van der Waals surface area contributed by atoms with Gasteiger partial charge in [0.05, 0.1) is 23.9 Å². The number of epoxide rings is 1. The average molecular weight is 601 g/mol. The summed E-state index contributed by atoms with van der Waals surface area (Å²) in [5.41, 5.74) is 4.89. The van der Waals surface area contributed by atoms with Crippen molar-refractivity contribution in [2.45, 2.75) is 130 Å². The van der Waals surface area contributed by atoms with E-state index in [1.165, 1.54) is 27.9 Å². The Morgan fingerprint density at radius 3 is 1.86 bits per heavy atom. The number of hydrogen-bond donors (Lipinski definition) is 2. The molecule has 6 atom stereocenters. The fraction of sp³-hybridized carbons (Fsp3) is 0.550. The highest BCUT2D eigenvalue weighted by atomic mass is 16.6. The molecule has 2 aliphatic heterocycles. The molecule has 4 nitrogen and oxygen atoms in total. The topological polar surface area (TPSA) is 62.2 Å². The molecule has 0 unspecified atom stereocenters. The normalized spacial score (nSPS) is 37.7. The molecule has 44 heavy (non-hydrogen) atoms. The highest BCUT2D eigenvalue weighted by Crippen LogP contribution is 2.66. The van der Waals surface area contributed by atoms with Crippen LogP contribution in [0.4, 0.5) is 0 Å². The summed E-state index contributed by atoms with van der Waals surface area (Å²) in [7, 11) is 0. The Morgan fingerprint density at radius 1 is 0.705 bits per heavy atom. The van der Waals surface area contributed by atoms with E-state index in [1.54, 1.807) is 0 Å². The third-order valence-corrected chi connectivity index (χ3v) is 10.2. The van der Waals surface area contributed by atoms with Crippen LogP contribution in [0, 0.1) is 10.8 Å². The summed E-state index contributed by atoms with van der Waals surface area (Å²) in [6, 6.07) is 0. The molecule has 4 rings (SSSR count). The van der Waals surface area contributed by atoms with E-state index in [1.807, 2.05) is 0 Å². The molecule has 1 saturated heterocycles. The van der Waals surface area contributed by atoms with Crippen LogP contribution in [0.2, 0.25) is 0 Å². The molecule has 240 valence electrons. The zero-order valence-electron chi connectivity index (χ0n) is 28.8. The van der Waals surface area contributed by atoms with Gasteiger partial charge in [-0.2, -0.15) is 0 Å². The molecule has 0 amide bonds. The first-order valence-electron chi connectivity index (χ1n) is 16.3. The van der Waals surface area contributed by atoms with Gasteiger partial charge in [-0.25, -0.2) is 0 Å². The largest absolute Gasteiger partial charge is 0.393 e. The van der Waals surface area contributed by atoms with Gasteiger partial charge < -0.3 is 19.7 Å². The van der Waals surface area contributed by atoms with Gasteiger partial charge in [0.25, 0.3) is 0 Å². The van der Waals surface area contributed by atoms with Gasteiger partial charge in [-0.15, -0.1) is 0 Å². The number of aliphatic hydroxyl groups excluding tert-OH is 2. The Morgan fingerprint density at radius 2 is 1.25 bits per heavy atom. The number of allylic oxidation sites excluding steroid dienone is 14. The second kappa shape index (κ2) is 12.7. The van der Waals surface area contributed by atoms with Crippen molar-refractivity contribution in [2.75, 3.05) is 0 Å². The minimum absolute atomic E-state index is 0.0500. The summed E-state index contributed by atoms with van der Waals surface area (Å²) >= 11 is 0. The summed E-state index contributed by atoms with van der Waals surface area (Å²) in [6.45, 7) is 21.5. The number of hydrogen-bond acceptors (Lipinski definition) is 4. The summed E-state index contributed by atoms with van der Waals surface area (Å²) in [5, 5.41) is 20.6. The standard InChI is InChI=1S/C40H56O4/c1-28(17-13-18-30(3)21-22-40-37(7,8)25-33(42)27-39(40,10)44-40)15-11-12-16-29(2)19-14-20-31(4)34-23-35-36(5,6)24-32(41)26-38(35,9)43-34/h11-23,32-34,41-42H,24-27H2,1-10H3/b12-11+,17-13+,19-14+,22-21+,28-15+,29-16+,30-18-,31-20+/t32-,33-,34-,38+,39+,40-/m0/s1. The van der Waals surface area contributed by atoms with Crippen LogP contribution in [0.15, 0.2) is 107 Å². The highest BCUT2D eigenvalue weighted by molar-refractivity contribution is 5.38. The maximum absolute atomic E-state index is 10.4. The van der Waals surface area contributed by atoms with Gasteiger partial charge in [0.2, 0.25) is 0 Å². The average Bonchev–Trinajstić information content (AvgIpc) is 3.34. The Kier molecular flexibility index (Phi) is 9.93. The quantitative estimate of drug-likeness (QED) is 0.158. The number of aliphatic hydroxyl groups is 2. The van der Waals surface area contributed by atoms with Gasteiger partial charge >= 0.3 is 0 Å². The molecule has 0 radical (unpaired) electrons. The van der Waals surface area contributed by atoms with Crippen molar-refractivity contribution in [3.63, 3.8) is 0 Å². The van der Waals surface area contributed by atoms with E-state index in [0.29, 0.717) is 12.8 Å². The maximum Gasteiger partial charge on any atom is 0.121 e. The molecule has 2 N–H and O–H groups in total. The molecule has 0 aromatic heterocycles. The molecule has 2 saturated carbocycles. The van der Waals surface area contributed by atoms with E-state index >= 15 is 0 Å². The summed E-state index contributed by atoms with van der Waals surface area (Å²) < 4.78 is 12.7. The Hall–Kier alpha value is -2.50. The number of ether oxygens (including phenoxy) is 2. The van der Waals surface area contributed by atoms with E-state index in [9.17, 15) is 10.2 Å². The first kappa shape index (κ1) is 34.4. The van der Waals surface area contributed by atoms with Crippen molar-refractivity contribution in [3.8, 4) is 0 Å². The predicted octanol–water partition coefficient (Wildman–Crippen LogP) is 8.97. The van der Waals surface area contributed by atoms with Crippen molar-refractivity contribution in [1.29, 1.82) is 0 Å². The molecular formula is C40H56O4. The van der Waals surface area contributed by atoms with Crippen LogP contribution >= 0.6 is 0 Å². The molecule has 0 bridgehead atoms. The predicted molar refractivity (Wildman–Crippen MR) is 183 cm³/mol.